The predicted octanol–water partition coefficient (Wildman–Crippen LogP) is 5.41. The van der Waals surface area contributed by atoms with Crippen LogP contribution in [0.2, 0.25) is 0 Å². The molecular weight excluding hydrogens is 450 g/mol. The van der Waals surface area contributed by atoms with Gasteiger partial charge in [0.25, 0.3) is 0 Å². The highest BCUT2D eigenvalue weighted by atomic mass is 19.3. The molecule has 182 valence electrons. The maximum atomic E-state index is 13.6. The summed E-state index contributed by atoms with van der Waals surface area (Å²) in [4.78, 5) is 19.3. The van der Waals surface area contributed by atoms with Gasteiger partial charge in [-0.2, -0.15) is 5.10 Å². The molecule has 3 aromatic rings. The van der Waals surface area contributed by atoms with Crippen LogP contribution in [0.25, 0.3) is 16.7 Å². The van der Waals surface area contributed by atoms with Gasteiger partial charge in [-0.15, -0.1) is 0 Å². The first-order chi connectivity index (χ1) is 16.8. The maximum absolute atomic E-state index is 13.6. The molecule has 9 heteroatoms. The molecule has 0 radical (unpaired) electrons. The van der Waals surface area contributed by atoms with Gasteiger partial charge in [0, 0.05) is 30.5 Å². The third-order valence-corrected chi connectivity index (χ3v) is 8.16. The van der Waals surface area contributed by atoms with E-state index in [1.165, 1.54) is 12.8 Å². The van der Waals surface area contributed by atoms with Crippen molar-refractivity contribution < 1.29 is 13.5 Å². The van der Waals surface area contributed by atoms with E-state index in [9.17, 15) is 8.78 Å². The highest BCUT2D eigenvalue weighted by molar-refractivity contribution is 5.76. The lowest BCUT2D eigenvalue weighted by Crippen LogP contribution is -2.53. The minimum atomic E-state index is -2.51. The van der Waals surface area contributed by atoms with Gasteiger partial charge in [-0.05, 0) is 63.0 Å². The second-order valence-corrected chi connectivity index (χ2v) is 11.0. The molecule has 0 aromatic carbocycles. The fourth-order valence-electron chi connectivity index (χ4n) is 6.10. The summed E-state index contributed by atoms with van der Waals surface area (Å²) in [5.74, 6) is -1.75. The standard InChI is InChI=1S/C26H28F2N6O/c1-14-15(2)31-24-22(30-14)21(17-8-25(9-17)12-26(27,28)13-25)32-23(33-24)16-5-6-35-20(7-16)18-10-29-34(11-18)19-3-4-19/h7,10-11,17,19-20H,3-6,8-9,12-13H2,1-2H3/t20-/m1/s1. The van der Waals surface area contributed by atoms with Crippen molar-refractivity contribution in [1.82, 2.24) is 29.7 Å². The lowest BCUT2D eigenvalue weighted by molar-refractivity contribution is -0.196. The van der Waals surface area contributed by atoms with Crippen molar-refractivity contribution in [2.45, 2.75) is 82.8 Å². The second-order valence-electron chi connectivity index (χ2n) is 11.0. The van der Waals surface area contributed by atoms with Gasteiger partial charge in [0.15, 0.2) is 11.5 Å². The van der Waals surface area contributed by atoms with Crippen molar-refractivity contribution in [2.75, 3.05) is 6.61 Å². The average Bonchev–Trinajstić information content (AvgIpc) is 3.52. The van der Waals surface area contributed by atoms with Crippen LogP contribution in [-0.4, -0.2) is 42.2 Å². The molecule has 0 N–H and O–H groups in total. The summed E-state index contributed by atoms with van der Waals surface area (Å²) in [6.07, 6.45) is 10.4. The lowest BCUT2D eigenvalue weighted by Gasteiger charge is -2.57. The molecule has 0 amide bonds. The quantitative estimate of drug-likeness (QED) is 0.499. The summed E-state index contributed by atoms with van der Waals surface area (Å²) in [7, 11) is 0. The van der Waals surface area contributed by atoms with Crippen LogP contribution in [0.15, 0.2) is 18.5 Å². The first-order valence-electron chi connectivity index (χ1n) is 12.6. The Morgan fingerprint density at radius 3 is 2.54 bits per heavy atom. The largest absolute Gasteiger partial charge is 0.369 e. The molecule has 3 aromatic heterocycles. The molecule has 3 saturated carbocycles. The molecule has 7 rings (SSSR count). The predicted molar refractivity (Wildman–Crippen MR) is 125 cm³/mol. The van der Waals surface area contributed by atoms with E-state index in [1.807, 2.05) is 24.7 Å². The second kappa shape index (κ2) is 7.35. The third kappa shape index (κ3) is 3.66. The highest BCUT2D eigenvalue weighted by Gasteiger charge is 2.62. The van der Waals surface area contributed by atoms with E-state index in [0.29, 0.717) is 36.1 Å². The summed E-state index contributed by atoms with van der Waals surface area (Å²) in [5.41, 5.74) is 5.65. The zero-order valence-electron chi connectivity index (χ0n) is 20.0. The number of fused-ring (bicyclic) bond motifs is 1. The zero-order valence-corrected chi connectivity index (χ0v) is 20.0. The van der Waals surface area contributed by atoms with E-state index in [-0.39, 0.29) is 30.3 Å². The van der Waals surface area contributed by atoms with Crippen LogP contribution in [0.5, 0.6) is 0 Å². The van der Waals surface area contributed by atoms with E-state index in [0.717, 1.165) is 41.1 Å². The molecule has 35 heavy (non-hydrogen) atoms. The number of alkyl halides is 2. The molecule has 0 saturated heterocycles. The molecule has 0 unspecified atom stereocenters. The third-order valence-electron chi connectivity index (χ3n) is 8.16. The van der Waals surface area contributed by atoms with Crippen molar-refractivity contribution in [3.8, 4) is 0 Å². The number of rotatable bonds is 4. The van der Waals surface area contributed by atoms with Crippen molar-refractivity contribution in [3.63, 3.8) is 0 Å². The van der Waals surface area contributed by atoms with E-state index in [1.54, 1.807) is 0 Å². The Hall–Kier alpha value is -2.81. The first-order valence-corrected chi connectivity index (χ1v) is 12.6. The summed E-state index contributed by atoms with van der Waals surface area (Å²) in [6.45, 7) is 4.43. The number of hydrogen-bond acceptors (Lipinski definition) is 6. The Morgan fingerprint density at radius 1 is 1.03 bits per heavy atom. The molecule has 1 atom stereocenters. The molecule has 0 bridgehead atoms. The smallest absolute Gasteiger partial charge is 0.249 e. The van der Waals surface area contributed by atoms with E-state index in [4.69, 9.17) is 24.7 Å². The Labute approximate surface area is 202 Å². The number of nitrogens with zero attached hydrogens (tertiary/aromatic N) is 6. The van der Waals surface area contributed by atoms with Crippen molar-refractivity contribution in [1.29, 1.82) is 0 Å². The summed E-state index contributed by atoms with van der Waals surface area (Å²) < 4.78 is 35.3. The summed E-state index contributed by atoms with van der Waals surface area (Å²) >= 11 is 0. The van der Waals surface area contributed by atoms with Gasteiger partial charge < -0.3 is 4.74 Å². The number of hydrogen-bond donors (Lipinski definition) is 0. The molecule has 1 spiro atoms. The van der Waals surface area contributed by atoms with Gasteiger partial charge in [-0.1, -0.05) is 0 Å². The topological polar surface area (TPSA) is 78.6 Å². The Morgan fingerprint density at radius 2 is 1.80 bits per heavy atom. The SMILES string of the molecule is Cc1nc2nc(C3=C[C@H](c4cnn(C5CC5)c4)OCC3)nc(C3CC4(C3)CC(F)(F)C4)c2nc1C. The number of ether oxygens (including phenoxy) is 1. The molecule has 1 aliphatic heterocycles. The van der Waals surface area contributed by atoms with Crippen LogP contribution in [0.3, 0.4) is 0 Å². The van der Waals surface area contributed by atoms with E-state index in [2.05, 4.69) is 17.4 Å². The number of aryl methyl sites for hydroxylation is 2. The van der Waals surface area contributed by atoms with E-state index >= 15 is 0 Å². The monoisotopic (exact) mass is 478 g/mol. The van der Waals surface area contributed by atoms with Crippen LogP contribution >= 0.6 is 0 Å². The molecule has 3 aliphatic carbocycles. The maximum Gasteiger partial charge on any atom is 0.249 e. The minimum absolute atomic E-state index is 0.00506. The highest BCUT2D eigenvalue weighted by Crippen LogP contribution is 2.67. The zero-order chi connectivity index (χ0) is 23.9. The Balaban J connectivity index is 1.25. The minimum Gasteiger partial charge on any atom is -0.369 e. The Bertz CT molecular complexity index is 1360. The van der Waals surface area contributed by atoms with Gasteiger partial charge in [0.05, 0.1) is 35.9 Å². The Kier molecular flexibility index (Phi) is 4.51. The fourth-order valence-corrected chi connectivity index (χ4v) is 6.10. The fraction of sp³-hybridized carbons (Fsp3) is 0.577. The van der Waals surface area contributed by atoms with Gasteiger partial charge >= 0.3 is 0 Å². The van der Waals surface area contributed by atoms with Crippen LogP contribution in [0, 0.1) is 19.3 Å². The summed E-state index contributed by atoms with van der Waals surface area (Å²) in [5, 5.41) is 4.51. The van der Waals surface area contributed by atoms with Crippen LogP contribution in [0.1, 0.15) is 91.5 Å². The van der Waals surface area contributed by atoms with Crippen LogP contribution in [-0.2, 0) is 4.74 Å². The van der Waals surface area contributed by atoms with Gasteiger partial charge in [-0.25, -0.2) is 28.7 Å². The number of halogens is 2. The molecule has 4 heterocycles. The first kappa shape index (κ1) is 21.5. The lowest BCUT2D eigenvalue weighted by atomic mass is 9.49. The van der Waals surface area contributed by atoms with Crippen LogP contribution in [0.4, 0.5) is 8.78 Å². The van der Waals surface area contributed by atoms with Gasteiger partial charge in [0.2, 0.25) is 5.92 Å². The molecular formula is C26H28F2N6O. The van der Waals surface area contributed by atoms with Gasteiger partial charge in [-0.3, -0.25) is 4.68 Å². The molecule has 4 aliphatic rings. The molecule has 7 nitrogen and oxygen atoms in total. The van der Waals surface area contributed by atoms with Crippen molar-refractivity contribution in [3.05, 3.63) is 46.9 Å². The average molecular weight is 479 g/mol. The van der Waals surface area contributed by atoms with Crippen molar-refractivity contribution >= 4 is 16.7 Å². The molecule has 3 fully saturated rings. The summed E-state index contributed by atoms with van der Waals surface area (Å²) in [6, 6.07) is 0.522. The van der Waals surface area contributed by atoms with E-state index < -0.39 is 5.92 Å². The van der Waals surface area contributed by atoms with Crippen LogP contribution < -0.4 is 0 Å². The van der Waals surface area contributed by atoms with Crippen molar-refractivity contribution in [2.24, 2.45) is 5.41 Å². The normalized spacial score (nSPS) is 25.4. The number of aromatic nitrogens is 6. The van der Waals surface area contributed by atoms with Gasteiger partial charge in [0.1, 0.15) is 11.6 Å².